The number of aromatic hydroxyl groups is 5. The number of rotatable bonds is 20. The molecule has 6 rings (SSSR count). The molecule has 0 bridgehead atoms. The van der Waals surface area contributed by atoms with Crippen LogP contribution in [0, 0.1) is 6.92 Å². The Bertz CT molecular complexity index is 2800. The molecule has 0 amide bonds. The topological polar surface area (TPSA) is 320 Å². The lowest BCUT2D eigenvalue weighted by Gasteiger charge is -2.17. The summed E-state index contributed by atoms with van der Waals surface area (Å²) < 4.78 is 30.0. The number of aryl methyl sites for hydroxylation is 1. The molecule has 0 saturated heterocycles. The quantitative estimate of drug-likeness (QED) is 0.0263. The Balaban J connectivity index is 0.000000367. The van der Waals surface area contributed by atoms with E-state index in [4.69, 9.17) is 33.5 Å². The summed E-state index contributed by atoms with van der Waals surface area (Å²) in [4.78, 5) is 70.5. The van der Waals surface area contributed by atoms with Gasteiger partial charge in [-0.3, -0.25) is 0 Å². The second kappa shape index (κ2) is 35.4. The van der Waals surface area contributed by atoms with Gasteiger partial charge in [0.15, 0.2) is 0 Å². The van der Waals surface area contributed by atoms with Crippen LogP contribution < -0.4 is 0 Å². The van der Waals surface area contributed by atoms with E-state index in [0.717, 1.165) is 5.56 Å². The molecule has 8 N–H and O–H groups in total. The highest BCUT2D eigenvalue weighted by molar-refractivity contribution is 5.95. The number of phenolic OH excluding ortho intramolecular Hbond substituents is 5. The molecule has 0 spiro atoms. The summed E-state index contributed by atoms with van der Waals surface area (Å²) in [6.45, 7) is 6.10. The van der Waals surface area contributed by atoms with E-state index in [2.05, 4.69) is 0 Å². The lowest BCUT2D eigenvalue weighted by molar-refractivity contribution is -0.00496. The number of phenols is 5. The standard InChI is InChI=1S/C19H20O5.C17H16O7.2C11H14O4.CH4/c1-3-14(24-19(22)15-9-5-4-8-13(15)2)12-23-18(21)16-10-6-7-11-17(16)20;18-11(9-23-16(21)12-5-1-3-7-14(12)19)10-24-17(22)13-6-2-4-8-15(13)20;1-2-8(12)7-15-11(14)9-5-3-4-6-10(9)13;1-2-8(7-12)15-11(14)9-5-3-4-6-10(9)13;/h4-11,14,20H,3,12H2,1-2H3;1-8,11,18-20H,9-10H2;2*3-6,8,12-13H,2,7H2,1H3;1H4. The minimum Gasteiger partial charge on any atom is -0.507 e. The van der Waals surface area contributed by atoms with E-state index in [9.17, 15) is 64.5 Å². The molecule has 0 saturated carbocycles. The molecule has 79 heavy (non-hydrogen) atoms. The van der Waals surface area contributed by atoms with E-state index in [1.165, 1.54) is 60.7 Å². The minimum atomic E-state index is -1.24. The van der Waals surface area contributed by atoms with E-state index in [1.807, 2.05) is 26.0 Å². The predicted molar refractivity (Wildman–Crippen MR) is 288 cm³/mol. The first-order valence-corrected chi connectivity index (χ1v) is 24.4. The molecule has 6 aromatic carbocycles. The summed E-state index contributed by atoms with van der Waals surface area (Å²) in [5.74, 6) is -4.80. The van der Waals surface area contributed by atoms with Crippen LogP contribution >= 0.6 is 0 Å². The van der Waals surface area contributed by atoms with Crippen molar-refractivity contribution >= 4 is 35.8 Å². The molecular weight excluding hydrogens is 1030 g/mol. The van der Waals surface area contributed by atoms with Crippen molar-refractivity contribution in [3.8, 4) is 28.7 Å². The molecule has 424 valence electrons. The number of hydrogen-bond donors (Lipinski definition) is 8. The van der Waals surface area contributed by atoms with Crippen LogP contribution in [0.5, 0.6) is 28.7 Å². The monoisotopic (exact) mass is 1100 g/mol. The summed E-state index contributed by atoms with van der Waals surface area (Å²) in [6, 6.07) is 37.2. The number of ether oxygens (including phenoxy) is 6. The highest BCUT2D eigenvalue weighted by Crippen LogP contribution is 2.21. The molecule has 0 heterocycles. The fourth-order valence-corrected chi connectivity index (χ4v) is 6.11. The average molecular weight is 1100 g/mol. The van der Waals surface area contributed by atoms with E-state index >= 15 is 0 Å². The zero-order valence-electron chi connectivity index (χ0n) is 43.3. The number of carbonyl (C=O) groups excluding carboxylic acids is 6. The molecule has 0 fully saturated rings. The number of aliphatic hydroxyl groups is 3. The number of benzene rings is 6. The fraction of sp³-hybridized carbons (Fsp3) is 0.288. The third kappa shape index (κ3) is 22.6. The van der Waals surface area contributed by atoms with Crippen LogP contribution in [0.25, 0.3) is 0 Å². The first-order valence-electron chi connectivity index (χ1n) is 24.4. The molecule has 0 aliphatic rings. The van der Waals surface area contributed by atoms with Gasteiger partial charge < -0.3 is 69.3 Å². The summed E-state index contributed by atoms with van der Waals surface area (Å²) in [5.41, 5.74) is 1.56. The van der Waals surface area contributed by atoms with Crippen LogP contribution in [0.4, 0.5) is 0 Å². The summed E-state index contributed by atoms with van der Waals surface area (Å²) in [5, 5.41) is 75.1. The maximum atomic E-state index is 12.2. The van der Waals surface area contributed by atoms with Crippen LogP contribution in [0.3, 0.4) is 0 Å². The zero-order valence-corrected chi connectivity index (χ0v) is 43.3. The Labute approximate surface area is 457 Å². The Hall–Kier alpha value is -8.98. The van der Waals surface area contributed by atoms with Gasteiger partial charge in [0.2, 0.25) is 0 Å². The molecular formula is C59H68O20. The molecule has 0 radical (unpaired) electrons. The van der Waals surface area contributed by atoms with E-state index in [0.29, 0.717) is 24.8 Å². The van der Waals surface area contributed by atoms with Crippen molar-refractivity contribution < 1.29 is 98.0 Å². The maximum Gasteiger partial charge on any atom is 0.342 e. The lowest BCUT2D eigenvalue weighted by atomic mass is 10.1. The molecule has 0 aliphatic heterocycles. The molecule has 0 aliphatic carbocycles. The van der Waals surface area contributed by atoms with Gasteiger partial charge in [0, 0.05) is 0 Å². The summed E-state index contributed by atoms with van der Waals surface area (Å²) in [7, 11) is 0. The molecule has 20 heteroatoms. The van der Waals surface area contributed by atoms with Gasteiger partial charge in [0.05, 0.1) is 18.3 Å². The Morgan fingerprint density at radius 1 is 0.367 bits per heavy atom. The van der Waals surface area contributed by atoms with Crippen LogP contribution in [0.1, 0.15) is 115 Å². The number of para-hydroxylation sites is 5. The van der Waals surface area contributed by atoms with Crippen molar-refractivity contribution in [1.82, 2.24) is 0 Å². The zero-order chi connectivity index (χ0) is 57.6. The largest absolute Gasteiger partial charge is 0.507 e. The fourth-order valence-electron chi connectivity index (χ4n) is 6.11. The first-order chi connectivity index (χ1) is 37.3. The van der Waals surface area contributed by atoms with Gasteiger partial charge >= 0.3 is 35.8 Å². The third-order valence-electron chi connectivity index (χ3n) is 10.7. The molecule has 3 atom stereocenters. The number of hydrogen-bond acceptors (Lipinski definition) is 20. The molecule has 0 aromatic heterocycles. The minimum absolute atomic E-state index is 0. The Morgan fingerprint density at radius 3 is 0.937 bits per heavy atom. The van der Waals surface area contributed by atoms with Crippen molar-refractivity contribution in [2.75, 3.05) is 33.0 Å². The van der Waals surface area contributed by atoms with Gasteiger partial charge in [0.25, 0.3) is 0 Å². The summed E-state index contributed by atoms with van der Waals surface area (Å²) in [6.07, 6.45) is -1.39. The molecule has 20 nitrogen and oxygen atoms in total. The highest BCUT2D eigenvalue weighted by atomic mass is 16.6. The maximum absolute atomic E-state index is 12.2. The van der Waals surface area contributed by atoms with Gasteiger partial charge in [-0.2, -0.15) is 0 Å². The van der Waals surface area contributed by atoms with Gasteiger partial charge in [-0.25, -0.2) is 28.8 Å². The Morgan fingerprint density at radius 2 is 0.633 bits per heavy atom. The van der Waals surface area contributed by atoms with Crippen molar-refractivity contribution in [2.24, 2.45) is 0 Å². The van der Waals surface area contributed by atoms with Gasteiger partial charge in [0.1, 0.15) is 101 Å². The first kappa shape index (κ1) is 66.1. The van der Waals surface area contributed by atoms with E-state index < -0.39 is 73.4 Å². The predicted octanol–water partition coefficient (Wildman–Crippen LogP) is 8.24. The highest BCUT2D eigenvalue weighted by Gasteiger charge is 2.21. The van der Waals surface area contributed by atoms with E-state index in [1.54, 1.807) is 86.6 Å². The van der Waals surface area contributed by atoms with Crippen LogP contribution in [-0.2, 0) is 28.4 Å². The molecule has 6 aromatic rings. The van der Waals surface area contributed by atoms with Crippen LogP contribution in [-0.4, -0.2) is 134 Å². The average Bonchev–Trinajstić information content (AvgIpc) is 3.44. The second-order valence-electron chi connectivity index (χ2n) is 16.6. The van der Waals surface area contributed by atoms with Gasteiger partial charge in [-0.05, 0) is 98.5 Å². The third-order valence-corrected chi connectivity index (χ3v) is 10.7. The van der Waals surface area contributed by atoms with E-state index in [-0.39, 0.29) is 83.8 Å². The smallest absolute Gasteiger partial charge is 0.342 e. The number of aliphatic hydroxyl groups excluding tert-OH is 3. The Kier molecular flexibility index (Phi) is 29.6. The van der Waals surface area contributed by atoms with Gasteiger partial charge in [-0.1, -0.05) is 107 Å². The van der Waals surface area contributed by atoms with Crippen LogP contribution in [0.2, 0.25) is 0 Å². The number of esters is 6. The normalized spacial score (nSPS) is 11.3. The van der Waals surface area contributed by atoms with Crippen molar-refractivity contribution in [3.05, 3.63) is 185 Å². The molecule has 3 unspecified atom stereocenters. The van der Waals surface area contributed by atoms with Crippen molar-refractivity contribution in [2.45, 2.75) is 78.8 Å². The van der Waals surface area contributed by atoms with Crippen molar-refractivity contribution in [3.63, 3.8) is 0 Å². The second-order valence-corrected chi connectivity index (χ2v) is 16.6. The summed E-state index contributed by atoms with van der Waals surface area (Å²) >= 11 is 0. The lowest BCUT2D eigenvalue weighted by Crippen LogP contribution is -2.25. The SMILES string of the molecule is C.CCC(CO)OC(=O)c1ccccc1O.CCC(COC(=O)c1ccccc1O)OC(=O)c1ccccc1C.CCC(O)COC(=O)c1ccccc1O.O=C(OCC(O)COC(=O)c1ccccc1O)c1ccccc1O. The van der Waals surface area contributed by atoms with Gasteiger partial charge in [-0.15, -0.1) is 0 Å². The van der Waals surface area contributed by atoms with Crippen LogP contribution in [0.15, 0.2) is 146 Å². The number of carbonyl (C=O) groups is 6. The van der Waals surface area contributed by atoms with Crippen molar-refractivity contribution in [1.29, 1.82) is 0 Å².